The molecule has 0 N–H and O–H groups in total. The van der Waals surface area contributed by atoms with E-state index in [2.05, 4.69) is 60.7 Å². The number of rotatable bonds is 6. The first-order chi connectivity index (χ1) is 15.1. The van der Waals surface area contributed by atoms with Gasteiger partial charge in [0.1, 0.15) is 5.60 Å². The minimum absolute atomic E-state index is 0.0510. The Morgan fingerprint density at radius 1 is 1.27 bits per heavy atom. The lowest BCUT2D eigenvalue weighted by atomic mass is 9.46. The normalized spacial score (nSPS) is 41.5. The molecular weight excluding hydrogens is 432 g/mol. The molecule has 186 valence electrons. The van der Waals surface area contributed by atoms with Gasteiger partial charge < -0.3 is 13.9 Å². The molecule has 1 saturated heterocycles. The van der Waals surface area contributed by atoms with Gasteiger partial charge >= 0.3 is 11.9 Å². The molecule has 0 radical (unpaired) electrons. The van der Waals surface area contributed by atoms with Gasteiger partial charge in [0.2, 0.25) is 0 Å². The summed E-state index contributed by atoms with van der Waals surface area (Å²) in [5.74, 6) is -0.324. The molecule has 2 bridgehead atoms. The molecule has 6 heteroatoms. The lowest BCUT2D eigenvalue weighted by Gasteiger charge is -2.64. The van der Waals surface area contributed by atoms with E-state index in [0.29, 0.717) is 12.3 Å². The van der Waals surface area contributed by atoms with Crippen molar-refractivity contribution in [1.82, 2.24) is 0 Å². The molecule has 3 unspecified atom stereocenters. The van der Waals surface area contributed by atoms with Crippen LogP contribution in [0.4, 0.5) is 0 Å². The number of carbonyl (C=O) groups is 2. The van der Waals surface area contributed by atoms with Crippen molar-refractivity contribution in [2.45, 2.75) is 116 Å². The van der Waals surface area contributed by atoms with Gasteiger partial charge in [-0.05, 0) is 82.8 Å². The van der Waals surface area contributed by atoms with Gasteiger partial charge in [-0.2, -0.15) is 0 Å². The van der Waals surface area contributed by atoms with E-state index in [1.807, 2.05) is 0 Å². The van der Waals surface area contributed by atoms with Gasteiger partial charge in [-0.1, -0.05) is 39.3 Å². The summed E-state index contributed by atoms with van der Waals surface area (Å²) in [4.78, 5) is 26.3. The van der Waals surface area contributed by atoms with Gasteiger partial charge in [-0.15, -0.1) is 0 Å². The Labute approximate surface area is 201 Å². The highest BCUT2D eigenvalue weighted by atomic mass is 28.4. The third-order valence-corrected chi connectivity index (χ3v) is 14.9. The molecule has 5 nitrogen and oxygen atoms in total. The molecule has 5 fully saturated rings. The highest BCUT2D eigenvalue weighted by Crippen LogP contribution is 2.83. The Morgan fingerprint density at radius 2 is 1.94 bits per heavy atom. The van der Waals surface area contributed by atoms with Crippen LogP contribution in [0.3, 0.4) is 0 Å². The zero-order valence-corrected chi connectivity index (χ0v) is 23.2. The highest BCUT2D eigenvalue weighted by molar-refractivity contribution is 6.74. The third-order valence-electron chi connectivity index (χ3n) is 10.4. The van der Waals surface area contributed by atoms with Crippen molar-refractivity contribution in [3.8, 4) is 0 Å². The molecule has 5 aliphatic rings. The van der Waals surface area contributed by atoms with Gasteiger partial charge in [0.25, 0.3) is 0 Å². The number of methoxy groups -OCH3 is 1. The zero-order valence-electron chi connectivity index (χ0n) is 22.2. The quantitative estimate of drug-likeness (QED) is 0.198. The first-order valence-corrected chi connectivity index (χ1v) is 15.7. The fraction of sp³-hybridized carbons (Fsp3) is 0.852. The predicted octanol–water partition coefficient (Wildman–Crippen LogP) is 6.18. The molecule has 4 aliphatic carbocycles. The van der Waals surface area contributed by atoms with Crippen molar-refractivity contribution in [3.63, 3.8) is 0 Å². The van der Waals surface area contributed by atoms with Crippen molar-refractivity contribution in [2.75, 3.05) is 7.11 Å². The minimum Gasteiger partial charge on any atom is -0.468 e. The van der Waals surface area contributed by atoms with E-state index in [0.717, 1.165) is 38.5 Å². The number of hydrogen-bond acceptors (Lipinski definition) is 5. The van der Waals surface area contributed by atoms with Crippen molar-refractivity contribution in [3.05, 3.63) is 11.6 Å². The Bertz CT molecular complexity index is 883. The lowest BCUT2D eigenvalue weighted by molar-refractivity contribution is -0.244. The van der Waals surface area contributed by atoms with Gasteiger partial charge in [-0.3, -0.25) is 9.59 Å². The summed E-state index contributed by atoms with van der Waals surface area (Å²) in [6.07, 6.45) is 8.76. The zero-order chi connectivity index (χ0) is 24.7. The summed E-state index contributed by atoms with van der Waals surface area (Å²) in [6, 6.07) is 0. The van der Waals surface area contributed by atoms with Crippen LogP contribution >= 0.6 is 0 Å². The topological polar surface area (TPSA) is 61.8 Å². The molecule has 6 atom stereocenters. The summed E-state index contributed by atoms with van der Waals surface area (Å²) < 4.78 is 18.8. The number of carbonyl (C=O) groups excluding carboxylic acids is 2. The second kappa shape index (κ2) is 7.43. The van der Waals surface area contributed by atoms with E-state index in [-0.39, 0.29) is 22.5 Å². The molecule has 0 aromatic rings. The van der Waals surface area contributed by atoms with E-state index in [9.17, 15) is 9.59 Å². The second-order valence-corrected chi connectivity index (χ2v) is 18.1. The molecule has 1 spiro atoms. The molecule has 0 amide bonds. The Morgan fingerprint density at radius 3 is 2.48 bits per heavy atom. The van der Waals surface area contributed by atoms with E-state index in [4.69, 9.17) is 13.9 Å². The molecule has 33 heavy (non-hydrogen) atoms. The van der Waals surface area contributed by atoms with Crippen LogP contribution in [0.25, 0.3) is 0 Å². The molecule has 1 aliphatic heterocycles. The fourth-order valence-corrected chi connectivity index (χ4v) is 8.81. The predicted molar refractivity (Wildman–Crippen MR) is 131 cm³/mol. The van der Waals surface area contributed by atoms with Crippen LogP contribution in [0, 0.1) is 22.2 Å². The van der Waals surface area contributed by atoms with E-state index < -0.39 is 30.7 Å². The van der Waals surface area contributed by atoms with Crippen molar-refractivity contribution < 1.29 is 23.5 Å². The van der Waals surface area contributed by atoms with Crippen LogP contribution in [0.2, 0.25) is 18.1 Å². The maximum Gasteiger partial charge on any atom is 0.324 e. The average Bonchev–Trinajstić information content (AvgIpc) is 3.31. The van der Waals surface area contributed by atoms with Crippen LogP contribution < -0.4 is 0 Å². The molecule has 5 rings (SSSR count). The van der Waals surface area contributed by atoms with Gasteiger partial charge in [-0.25, -0.2) is 0 Å². The van der Waals surface area contributed by atoms with Crippen LogP contribution in [-0.4, -0.2) is 39.1 Å². The summed E-state index contributed by atoms with van der Waals surface area (Å²) in [7, 11) is -0.666. The second-order valence-electron chi connectivity index (χ2n) is 13.3. The molecule has 0 aromatic heterocycles. The summed E-state index contributed by atoms with van der Waals surface area (Å²) in [5.41, 5.74) is -1.29. The Kier molecular flexibility index (Phi) is 5.62. The fourth-order valence-electron chi connectivity index (χ4n) is 7.43. The molecule has 4 saturated carbocycles. The summed E-state index contributed by atoms with van der Waals surface area (Å²) >= 11 is 0. The standard InChI is InChI=1S/C27H44O5Si/c1-18(2)11-10-13-25-14-12-19(15-20(25)32-33(8,9)23(3,4)5)16-27(25)24(6)17-26(24,21(28)30-7)22(29)31-27/h11,19-20H,10,12-17H2,1-9H3/t19?,20?,24-,25-,26+,27?/m1/s1. The van der Waals surface area contributed by atoms with Crippen LogP contribution in [0.15, 0.2) is 11.6 Å². The Balaban J connectivity index is 1.82. The monoisotopic (exact) mass is 476 g/mol. The first-order valence-electron chi connectivity index (χ1n) is 12.8. The summed E-state index contributed by atoms with van der Waals surface area (Å²) in [5, 5.41) is 0.101. The summed E-state index contributed by atoms with van der Waals surface area (Å²) in [6.45, 7) is 17.9. The van der Waals surface area contributed by atoms with Crippen molar-refractivity contribution in [1.29, 1.82) is 0 Å². The van der Waals surface area contributed by atoms with E-state index in [1.165, 1.54) is 12.7 Å². The average molecular weight is 477 g/mol. The van der Waals surface area contributed by atoms with Crippen molar-refractivity contribution in [2.24, 2.45) is 22.2 Å². The maximum absolute atomic E-state index is 13.4. The number of esters is 2. The third kappa shape index (κ3) is 3.11. The SMILES string of the molecule is COC(=O)[C@]12C[C@@]1(C)C1(CC3CC[C@]1(CCC=C(C)C)C(O[Si](C)(C)C(C)(C)C)C3)OC2=O. The van der Waals surface area contributed by atoms with Gasteiger partial charge in [0.15, 0.2) is 13.7 Å². The number of fused-ring (bicyclic) bond motifs is 3. The van der Waals surface area contributed by atoms with Gasteiger partial charge in [0.05, 0.1) is 13.2 Å². The number of allylic oxidation sites excluding steroid dienone is 2. The molecule has 1 heterocycles. The van der Waals surface area contributed by atoms with E-state index in [1.54, 1.807) is 0 Å². The van der Waals surface area contributed by atoms with Crippen LogP contribution in [-0.2, 0) is 23.5 Å². The van der Waals surface area contributed by atoms with Crippen LogP contribution in [0.5, 0.6) is 0 Å². The maximum atomic E-state index is 13.4. The van der Waals surface area contributed by atoms with E-state index >= 15 is 0 Å². The highest BCUT2D eigenvalue weighted by Gasteiger charge is 2.92. The first kappa shape index (κ1) is 25.0. The van der Waals surface area contributed by atoms with Gasteiger partial charge in [0, 0.05) is 10.8 Å². The molecule has 0 aromatic carbocycles. The van der Waals surface area contributed by atoms with Crippen LogP contribution in [0.1, 0.15) is 86.5 Å². The smallest absolute Gasteiger partial charge is 0.324 e. The lowest BCUT2D eigenvalue weighted by Crippen LogP contribution is -2.68. The Hall–Kier alpha value is -1.14. The number of hydrogen-bond donors (Lipinski definition) is 0. The number of ether oxygens (including phenoxy) is 2. The molecular formula is C27H44O5Si. The largest absolute Gasteiger partial charge is 0.468 e. The van der Waals surface area contributed by atoms with Crippen molar-refractivity contribution >= 4 is 20.3 Å². The minimum atomic E-state index is -2.05.